The highest BCUT2D eigenvalue weighted by Gasteiger charge is 2.51. The monoisotopic (exact) mass is 665 g/mol. The summed E-state index contributed by atoms with van der Waals surface area (Å²) in [6, 6.07) is 17.3. The van der Waals surface area contributed by atoms with Crippen molar-refractivity contribution in [1.29, 1.82) is 0 Å². The van der Waals surface area contributed by atoms with Gasteiger partial charge in [-0.15, -0.1) is 0 Å². The number of carbonyl (C=O) groups is 4. The summed E-state index contributed by atoms with van der Waals surface area (Å²) in [5, 5.41) is 12.2. The van der Waals surface area contributed by atoms with Gasteiger partial charge >= 0.3 is 0 Å². The van der Waals surface area contributed by atoms with Gasteiger partial charge in [0.2, 0.25) is 23.6 Å². The topological polar surface area (TPSA) is 136 Å². The predicted octanol–water partition coefficient (Wildman–Crippen LogP) is 3.38. The Morgan fingerprint density at radius 3 is 2.45 bits per heavy atom. The Bertz CT molecular complexity index is 1750. The van der Waals surface area contributed by atoms with Crippen LogP contribution in [0, 0.1) is 5.41 Å². The molecular formula is C38H47N7O4. The van der Waals surface area contributed by atoms with Crippen molar-refractivity contribution in [2.45, 2.75) is 70.5 Å². The number of likely N-dealkylation sites (tertiary alicyclic amines) is 1. The standard InChI is InChI=1S/C38H47N7O4/c1-5-37(14-17-44(18-15-37)34(47)25(2)40-4)36(49)45(23-28-10-7-6-9-27(28)22-39-3)24-32(46)42-30-13-12-26-20-38(21-29(26)19-30)31-11-8-16-41-33(31)43-35(38)48/h6-13,16,19,25,39-40H,5,14-15,17-18,20-24H2,1-4H3,(H,42,46)(H,41,43,48)/t25-,38-/m1/s1. The van der Waals surface area contributed by atoms with E-state index >= 15 is 0 Å². The fraction of sp³-hybridized carbons (Fsp3) is 0.447. The molecule has 3 aliphatic rings. The number of rotatable bonds is 11. The zero-order valence-corrected chi connectivity index (χ0v) is 28.9. The van der Waals surface area contributed by atoms with Crippen LogP contribution in [0.15, 0.2) is 60.8 Å². The maximum Gasteiger partial charge on any atom is 0.244 e. The van der Waals surface area contributed by atoms with Crippen LogP contribution in [0.25, 0.3) is 0 Å². The molecule has 0 unspecified atom stereocenters. The van der Waals surface area contributed by atoms with Crippen LogP contribution < -0.4 is 21.3 Å². The van der Waals surface area contributed by atoms with E-state index in [-0.39, 0.29) is 36.2 Å². The second-order valence-electron chi connectivity index (χ2n) is 13.8. The molecule has 4 N–H and O–H groups in total. The van der Waals surface area contributed by atoms with E-state index in [2.05, 4.69) is 26.3 Å². The highest BCUT2D eigenvalue weighted by molar-refractivity contribution is 6.06. The Labute approximate surface area is 288 Å². The largest absolute Gasteiger partial charge is 0.341 e. The summed E-state index contributed by atoms with van der Waals surface area (Å²) < 4.78 is 0. The van der Waals surface area contributed by atoms with Crippen molar-refractivity contribution in [3.05, 3.63) is 88.6 Å². The lowest BCUT2D eigenvalue weighted by atomic mass is 9.74. The first kappa shape index (κ1) is 34.3. The molecule has 3 heterocycles. The number of hydrogen-bond acceptors (Lipinski definition) is 7. The van der Waals surface area contributed by atoms with Gasteiger partial charge in [0, 0.05) is 43.6 Å². The van der Waals surface area contributed by atoms with E-state index in [0.717, 1.165) is 27.8 Å². The van der Waals surface area contributed by atoms with Crippen LogP contribution in [0.1, 0.15) is 60.9 Å². The normalized spacial score (nSPS) is 19.6. The number of hydrogen-bond donors (Lipinski definition) is 4. The third kappa shape index (κ3) is 6.57. The summed E-state index contributed by atoms with van der Waals surface area (Å²) in [5.74, 6) is 0.249. The number of pyridine rings is 1. The van der Waals surface area contributed by atoms with Crippen molar-refractivity contribution in [3.8, 4) is 0 Å². The zero-order chi connectivity index (χ0) is 34.8. The summed E-state index contributed by atoms with van der Waals surface area (Å²) in [5.41, 5.74) is 4.29. The van der Waals surface area contributed by atoms with Crippen LogP contribution in [-0.2, 0) is 50.5 Å². The van der Waals surface area contributed by atoms with Gasteiger partial charge in [-0.25, -0.2) is 4.98 Å². The van der Waals surface area contributed by atoms with Gasteiger partial charge in [-0.2, -0.15) is 0 Å². The smallest absolute Gasteiger partial charge is 0.244 e. The summed E-state index contributed by atoms with van der Waals surface area (Å²) in [6.07, 6.45) is 4.48. The number of nitrogens with one attached hydrogen (secondary N) is 4. The molecule has 1 saturated heterocycles. The first-order valence-corrected chi connectivity index (χ1v) is 17.3. The van der Waals surface area contributed by atoms with Crippen molar-refractivity contribution in [3.63, 3.8) is 0 Å². The summed E-state index contributed by atoms with van der Waals surface area (Å²) in [4.78, 5) is 62.3. The molecule has 1 spiro atoms. The van der Waals surface area contributed by atoms with Crippen molar-refractivity contribution in [1.82, 2.24) is 25.4 Å². The average Bonchev–Trinajstić information content (AvgIpc) is 3.63. The number of benzene rings is 2. The van der Waals surface area contributed by atoms with Gasteiger partial charge in [0.15, 0.2) is 0 Å². The number of anilines is 2. The van der Waals surface area contributed by atoms with Gasteiger partial charge in [-0.3, -0.25) is 19.2 Å². The quantitative estimate of drug-likeness (QED) is 0.247. The fourth-order valence-electron chi connectivity index (χ4n) is 7.81. The first-order chi connectivity index (χ1) is 23.6. The Kier molecular flexibility index (Phi) is 9.85. The first-order valence-electron chi connectivity index (χ1n) is 17.3. The highest BCUT2D eigenvalue weighted by Crippen LogP contribution is 2.47. The van der Waals surface area contributed by atoms with Crippen LogP contribution in [0.2, 0.25) is 0 Å². The molecule has 49 heavy (non-hydrogen) atoms. The van der Waals surface area contributed by atoms with Crippen molar-refractivity contribution < 1.29 is 19.2 Å². The summed E-state index contributed by atoms with van der Waals surface area (Å²) in [7, 11) is 3.65. The molecule has 6 rings (SSSR count). The van der Waals surface area contributed by atoms with E-state index < -0.39 is 10.8 Å². The lowest BCUT2D eigenvalue weighted by molar-refractivity contribution is -0.150. The Hall–Kier alpha value is -4.61. The van der Waals surface area contributed by atoms with E-state index in [1.54, 1.807) is 18.1 Å². The summed E-state index contributed by atoms with van der Waals surface area (Å²) in [6.45, 7) is 5.68. The third-order valence-electron chi connectivity index (χ3n) is 10.9. The number of amides is 4. The van der Waals surface area contributed by atoms with Gasteiger partial charge in [0.05, 0.1) is 16.9 Å². The van der Waals surface area contributed by atoms with Gasteiger partial charge in [-0.1, -0.05) is 43.3 Å². The SMILES string of the molecule is CCC1(C(=O)N(CC(=O)Nc2ccc3c(c2)C[C@@]2(C3)C(=O)Nc3ncccc32)Cc2ccccc2CNC)CCN(C(=O)[C@@H](C)NC)CC1. The molecule has 1 aromatic heterocycles. The lowest BCUT2D eigenvalue weighted by Gasteiger charge is -2.43. The maximum absolute atomic E-state index is 14.6. The van der Waals surface area contributed by atoms with E-state index in [0.29, 0.717) is 69.8 Å². The Morgan fingerprint density at radius 2 is 1.73 bits per heavy atom. The second kappa shape index (κ2) is 14.1. The van der Waals surface area contributed by atoms with Crippen molar-refractivity contribution in [2.75, 3.05) is 44.4 Å². The van der Waals surface area contributed by atoms with Crippen molar-refractivity contribution >= 4 is 35.1 Å². The molecule has 0 saturated carbocycles. The van der Waals surface area contributed by atoms with Gasteiger partial charge < -0.3 is 31.1 Å². The molecule has 2 atom stereocenters. The van der Waals surface area contributed by atoms with Crippen LogP contribution in [0.5, 0.6) is 0 Å². The minimum atomic E-state index is -0.696. The van der Waals surface area contributed by atoms with Crippen LogP contribution >= 0.6 is 0 Å². The summed E-state index contributed by atoms with van der Waals surface area (Å²) >= 11 is 0. The third-order valence-corrected chi connectivity index (χ3v) is 10.9. The minimum Gasteiger partial charge on any atom is -0.341 e. The van der Waals surface area contributed by atoms with E-state index in [9.17, 15) is 19.2 Å². The molecule has 3 aromatic rings. The molecule has 1 aliphatic carbocycles. The molecule has 11 heteroatoms. The number of piperidine rings is 1. The van der Waals surface area contributed by atoms with E-state index in [1.807, 2.05) is 80.4 Å². The second-order valence-corrected chi connectivity index (χ2v) is 13.8. The molecular weight excluding hydrogens is 618 g/mol. The molecule has 0 radical (unpaired) electrons. The van der Waals surface area contributed by atoms with Gasteiger partial charge in [0.25, 0.3) is 0 Å². The molecule has 0 bridgehead atoms. The van der Waals surface area contributed by atoms with Crippen molar-refractivity contribution in [2.24, 2.45) is 5.41 Å². The molecule has 2 aromatic carbocycles. The maximum atomic E-state index is 14.6. The average molecular weight is 666 g/mol. The highest BCUT2D eigenvalue weighted by atomic mass is 16.2. The predicted molar refractivity (Wildman–Crippen MR) is 189 cm³/mol. The molecule has 4 amide bonds. The van der Waals surface area contributed by atoms with E-state index in [1.165, 1.54) is 0 Å². The number of fused-ring (bicyclic) bond motifs is 3. The van der Waals surface area contributed by atoms with Gasteiger partial charge in [-0.05, 0) is 93.6 Å². The van der Waals surface area contributed by atoms with E-state index in [4.69, 9.17) is 0 Å². The van der Waals surface area contributed by atoms with Crippen LogP contribution in [-0.4, -0.2) is 78.2 Å². The number of nitrogens with zero attached hydrogens (tertiary/aromatic N) is 3. The number of likely N-dealkylation sites (N-methyl/N-ethyl adjacent to an activating group) is 1. The van der Waals surface area contributed by atoms with Crippen LogP contribution in [0.4, 0.5) is 11.5 Å². The fourth-order valence-corrected chi connectivity index (χ4v) is 7.81. The molecule has 2 aliphatic heterocycles. The molecule has 258 valence electrons. The minimum absolute atomic E-state index is 0.0339. The Balaban J connectivity index is 1.21. The van der Waals surface area contributed by atoms with Gasteiger partial charge in [0.1, 0.15) is 12.4 Å². The Morgan fingerprint density at radius 1 is 1.00 bits per heavy atom. The lowest BCUT2D eigenvalue weighted by Crippen LogP contribution is -2.54. The zero-order valence-electron chi connectivity index (χ0n) is 28.9. The molecule has 11 nitrogen and oxygen atoms in total. The number of aromatic nitrogens is 1. The number of carbonyl (C=O) groups excluding carboxylic acids is 4. The molecule has 1 fully saturated rings. The van der Waals surface area contributed by atoms with Crippen LogP contribution in [0.3, 0.4) is 0 Å².